The number of allylic oxidation sites excluding steroid dienone is 1. The van der Waals surface area contributed by atoms with Gasteiger partial charge in [-0.15, -0.1) is 0 Å². The zero-order chi connectivity index (χ0) is 6.41. The minimum Gasteiger partial charge on any atom is -0.462 e. The zero-order valence-corrected chi connectivity index (χ0v) is 5.18. The van der Waals surface area contributed by atoms with Gasteiger partial charge in [0, 0.05) is 6.92 Å². The van der Waals surface area contributed by atoms with Gasteiger partial charge in [-0.25, -0.2) is 0 Å². The average molecular weight is 114 g/mol. The van der Waals surface area contributed by atoms with Crippen LogP contribution in [-0.2, 0) is 9.53 Å². The molecule has 0 aliphatic rings. The molecule has 0 aromatic rings. The lowest BCUT2D eigenvalue weighted by Crippen LogP contribution is -1.96. The number of hydrogen-bond acceptors (Lipinski definition) is 2. The summed E-state index contributed by atoms with van der Waals surface area (Å²) in [6.07, 6.45) is 3.62. The molecule has 0 aromatic carbocycles. The molecule has 0 aliphatic heterocycles. The Bertz CT molecular complexity index is 94.7. The molecule has 2 nitrogen and oxygen atoms in total. The van der Waals surface area contributed by atoms with Crippen LogP contribution in [0.2, 0.25) is 0 Å². The monoisotopic (exact) mass is 114 g/mol. The first-order valence-electron chi connectivity index (χ1n) is 2.52. The quantitative estimate of drug-likeness (QED) is 0.397. The first-order valence-corrected chi connectivity index (χ1v) is 2.52. The van der Waals surface area contributed by atoms with Crippen LogP contribution in [-0.4, -0.2) is 12.6 Å². The Kier molecular flexibility index (Phi) is 3.94. The topological polar surface area (TPSA) is 26.3 Å². The molecule has 0 aliphatic carbocycles. The van der Waals surface area contributed by atoms with Crippen LogP contribution >= 0.6 is 0 Å². The van der Waals surface area contributed by atoms with Crippen molar-refractivity contribution in [2.45, 2.75) is 13.8 Å². The van der Waals surface area contributed by atoms with Crippen LogP contribution in [0.5, 0.6) is 0 Å². The van der Waals surface area contributed by atoms with Crippen LogP contribution in [0, 0.1) is 0 Å². The molecule has 46 valence electrons. The number of hydrogen-bond donors (Lipinski definition) is 0. The molecule has 2 heteroatoms. The van der Waals surface area contributed by atoms with Crippen LogP contribution < -0.4 is 0 Å². The highest BCUT2D eigenvalue weighted by Gasteiger charge is 1.84. The minimum absolute atomic E-state index is 0.233. The number of carbonyl (C=O) groups is 1. The van der Waals surface area contributed by atoms with E-state index in [0.29, 0.717) is 6.61 Å². The largest absolute Gasteiger partial charge is 0.462 e. The molecule has 0 saturated carbocycles. The van der Waals surface area contributed by atoms with Gasteiger partial charge in [0.05, 0.1) is 0 Å². The first kappa shape index (κ1) is 7.21. The molecule has 0 heterocycles. The molecule has 0 aromatic heterocycles. The zero-order valence-electron chi connectivity index (χ0n) is 5.18. The molecule has 0 unspecified atom stereocenters. The van der Waals surface area contributed by atoms with Gasteiger partial charge in [0.1, 0.15) is 6.61 Å². The van der Waals surface area contributed by atoms with Gasteiger partial charge in [0.2, 0.25) is 0 Å². The fourth-order valence-corrected chi connectivity index (χ4v) is 0.262. The maximum atomic E-state index is 10.1. The van der Waals surface area contributed by atoms with E-state index in [-0.39, 0.29) is 5.97 Å². The minimum atomic E-state index is -0.233. The van der Waals surface area contributed by atoms with Crippen LogP contribution in [0.4, 0.5) is 0 Å². The van der Waals surface area contributed by atoms with Gasteiger partial charge in [0.15, 0.2) is 0 Å². The summed E-state index contributed by atoms with van der Waals surface area (Å²) in [5.74, 6) is -0.233. The maximum absolute atomic E-state index is 10.1. The van der Waals surface area contributed by atoms with Gasteiger partial charge in [-0.1, -0.05) is 12.2 Å². The molecule has 0 N–H and O–H groups in total. The van der Waals surface area contributed by atoms with E-state index in [2.05, 4.69) is 4.74 Å². The Hall–Kier alpha value is -0.790. The molecule has 8 heavy (non-hydrogen) atoms. The number of esters is 1. The summed E-state index contributed by atoms with van der Waals surface area (Å²) in [5.41, 5.74) is 0. The highest BCUT2D eigenvalue weighted by molar-refractivity contribution is 5.65. The molecule has 0 fully saturated rings. The van der Waals surface area contributed by atoms with E-state index in [1.165, 1.54) is 6.92 Å². The van der Waals surface area contributed by atoms with Crippen molar-refractivity contribution >= 4 is 5.97 Å². The molecule has 0 spiro atoms. The molecule has 0 rings (SSSR count). The predicted molar refractivity (Wildman–Crippen MR) is 31.4 cm³/mol. The third-order valence-electron chi connectivity index (χ3n) is 0.619. The van der Waals surface area contributed by atoms with Crippen LogP contribution in [0.25, 0.3) is 0 Å². The molecule has 0 radical (unpaired) electrons. The lowest BCUT2D eigenvalue weighted by molar-refractivity contribution is -0.139. The van der Waals surface area contributed by atoms with Gasteiger partial charge in [-0.3, -0.25) is 4.79 Å². The van der Waals surface area contributed by atoms with Crippen molar-refractivity contribution in [3.05, 3.63) is 12.2 Å². The molecule has 0 atom stereocenters. The second-order valence-electron chi connectivity index (χ2n) is 1.37. The van der Waals surface area contributed by atoms with Crippen molar-refractivity contribution < 1.29 is 9.53 Å². The third-order valence-corrected chi connectivity index (χ3v) is 0.619. The lowest BCUT2D eigenvalue weighted by Gasteiger charge is -1.91. The highest BCUT2D eigenvalue weighted by atomic mass is 16.5. The Labute approximate surface area is 49.1 Å². The summed E-state index contributed by atoms with van der Waals surface area (Å²) < 4.78 is 4.56. The standard InChI is InChI=1S/C6H10O2/c1-3-4-5-8-6(2)7/h3-4H,5H2,1-2H3/b4-3+. The average Bonchev–Trinajstić information content (AvgIpc) is 1.66. The van der Waals surface area contributed by atoms with Gasteiger partial charge in [0.25, 0.3) is 0 Å². The number of carbonyl (C=O) groups excluding carboxylic acids is 1. The SMILES string of the molecule is C/C=C/COC(C)=O. The second kappa shape index (κ2) is 4.37. The molecule has 0 bridgehead atoms. The lowest BCUT2D eigenvalue weighted by atomic mass is 10.5. The molecule has 0 saturated heterocycles. The van der Waals surface area contributed by atoms with E-state index in [1.54, 1.807) is 6.08 Å². The van der Waals surface area contributed by atoms with Crippen LogP contribution in [0.15, 0.2) is 12.2 Å². The highest BCUT2D eigenvalue weighted by Crippen LogP contribution is 1.76. The van der Waals surface area contributed by atoms with Crippen molar-refractivity contribution in [2.24, 2.45) is 0 Å². The van der Waals surface area contributed by atoms with E-state index in [4.69, 9.17) is 0 Å². The van der Waals surface area contributed by atoms with E-state index < -0.39 is 0 Å². The maximum Gasteiger partial charge on any atom is 0.302 e. The number of ether oxygens (including phenoxy) is 1. The normalized spacial score (nSPS) is 9.75. The summed E-state index contributed by atoms with van der Waals surface area (Å²) in [4.78, 5) is 10.1. The van der Waals surface area contributed by atoms with Crippen LogP contribution in [0.1, 0.15) is 13.8 Å². The fraction of sp³-hybridized carbons (Fsp3) is 0.500. The van der Waals surface area contributed by atoms with Crippen molar-refractivity contribution in [1.29, 1.82) is 0 Å². The van der Waals surface area contributed by atoms with E-state index >= 15 is 0 Å². The van der Waals surface area contributed by atoms with Crippen molar-refractivity contribution in [3.8, 4) is 0 Å². The van der Waals surface area contributed by atoms with Crippen molar-refractivity contribution in [2.75, 3.05) is 6.61 Å². The Morgan fingerprint density at radius 3 is 2.75 bits per heavy atom. The summed E-state index contributed by atoms with van der Waals surface area (Å²) in [7, 11) is 0. The smallest absolute Gasteiger partial charge is 0.302 e. The molecular weight excluding hydrogens is 104 g/mol. The molecule has 0 amide bonds. The Balaban J connectivity index is 3.05. The Morgan fingerprint density at radius 2 is 2.38 bits per heavy atom. The van der Waals surface area contributed by atoms with E-state index in [9.17, 15) is 4.79 Å². The summed E-state index contributed by atoms with van der Waals surface area (Å²) in [6.45, 7) is 3.67. The van der Waals surface area contributed by atoms with Crippen LogP contribution in [0.3, 0.4) is 0 Å². The van der Waals surface area contributed by atoms with E-state index in [1.807, 2.05) is 13.0 Å². The van der Waals surface area contributed by atoms with Crippen molar-refractivity contribution in [3.63, 3.8) is 0 Å². The van der Waals surface area contributed by atoms with Gasteiger partial charge >= 0.3 is 5.97 Å². The summed E-state index contributed by atoms with van der Waals surface area (Å²) in [6, 6.07) is 0. The fourth-order valence-electron chi connectivity index (χ4n) is 0.262. The van der Waals surface area contributed by atoms with E-state index in [0.717, 1.165) is 0 Å². The first-order chi connectivity index (χ1) is 3.77. The predicted octanol–water partition coefficient (Wildman–Crippen LogP) is 1.13. The number of rotatable bonds is 2. The van der Waals surface area contributed by atoms with Crippen molar-refractivity contribution in [1.82, 2.24) is 0 Å². The van der Waals surface area contributed by atoms with Gasteiger partial charge in [-0.05, 0) is 6.92 Å². The summed E-state index contributed by atoms with van der Waals surface area (Å²) in [5, 5.41) is 0. The second-order valence-corrected chi connectivity index (χ2v) is 1.37. The van der Waals surface area contributed by atoms with Gasteiger partial charge in [-0.2, -0.15) is 0 Å². The third kappa shape index (κ3) is 5.21. The molecular formula is C6H10O2. The van der Waals surface area contributed by atoms with Gasteiger partial charge < -0.3 is 4.74 Å². The Morgan fingerprint density at radius 1 is 1.75 bits per heavy atom. The summed E-state index contributed by atoms with van der Waals surface area (Å²) >= 11 is 0.